The van der Waals surface area contributed by atoms with Crippen LogP contribution in [0.5, 0.6) is 0 Å². The fourth-order valence-corrected chi connectivity index (χ4v) is 2.64. The molecule has 0 spiro atoms. The summed E-state index contributed by atoms with van der Waals surface area (Å²) in [5, 5.41) is 4.33. The highest BCUT2D eigenvalue weighted by Gasteiger charge is 2.16. The quantitative estimate of drug-likeness (QED) is 0.861. The van der Waals surface area contributed by atoms with Crippen LogP contribution in [0.2, 0.25) is 5.02 Å². The first-order valence-corrected chi connectivity index (χ1v) is 6.26. The van der Waals surface area contributed by atoms with E-state index in [2.05, 4.69) is 10.3 Å². The Hall–Kier alpha value is -1.39. The maximum Gasteiger partial charge on any atom is 0.183 e. The first-order chi connectivity index (χ1) is 8.11. The van der Waals surface area contributed by atoms with Gasteiger partial charge < -0.3 is 5.32 Å². The molecule has 2 rings (SSSR count). The average Bonchev–Trinajstić information content (AvgIpc) is 2.73. The molecule has 0 radical (unpaired) electrons. The molecule has 0 atom stereocenters. The summed E-state index contributed by atoms with van der Waals surface area (Å²) >= 11 is 7.40. The number of hydrogen-bond donors (Lipinski definition) is 1. The zero-order chi connectivity index (χ0) is 12.4. The SMILES string of the molecule is CNc1nc(C(C)=O)c(-c2cccc(Cl)c2)s1. The Balaban J connectivity index is 2.57. The molecule has 5 heteroatoms. The molecule has 2 aromatic rings. The lowest BCUT2D eigenvalue weighted by atomic mass is 10.1. The molecule has 1 aromatic heterocycles. The molecule has 0 unspecified atom stereocenters. The van der Waals surface area contributed by atoms with Crippen molar-refractivity contribution in [1.82, 2.24) is 4.98 Å². The third-order valence-electron chi connectivity index (χ3n) is 2.26. The Bertz CT molecular complexity index is 565. The number of anilines is 1. The lowest BCUT2D eigenvalue weighted by Crippen LogP contribution is -1.95. The minimum Gasteiger partial charge on any atom is -0.365 e. The number of Topliss-reactive ketones (excluding diaryl/α,β-unsaturated/α-hetero) is 1. The zero-order valence-electron chi connectivity index (χ0n) is 9.45. The second-order valence-electron chi connectivity index (χ2n) is 3.51. The molecular weight excluding hydrogens is 256 g/mol. The minimum absolute atomic E-state index is 0.0438. The van der Waals surface area contributed by atoms with Gasteiger partial charge in [0, 0.05) is 19.0 Å². The molecule has 0 saturated heterocycles. The van der Waals surface area contributed by atoms with Crippen molar-refractivity contribution >= 4 is 33.9 Å². The Morgan fingerprint density at radius 2 is 2.24 bits per heavy atom. The molecule has 0 aliphatic heterocycles. The second-order valence-corrected chi connectivity index (χ2v) is 4.95. The first kappa shape index (κ1) is 12.1. The molecule has 3 nitrogen and oxygen atoms in total. The Labute approximate surface area is 108 Å². The number of ketones is 1. The predicted molar refractivity (Wildman–Crippen MR) is 72.1 cm³/mol. The van der Waals surface area contributed by atoms with Crippen LogP contribution < -0.4 is 5.32 Å². The molecule has 1 heterocycles. The van der Waals surface area contributed by atoms with E-state index < -0.39 is 0 Å². The largest absolute Gasteiger partial charge is 0.365 e. The number of nitrogens with zero attached hydrogens (tertiary/aromatic N) is 1. The van der Waals surface area contributed by atoms with Gasteiger partial charge in [0.1, 0.15) is 5.69 Å². The van der Waals surface area contributed by atoms with Crippen LogP contribution in [-0.2, 0) is 0 Å². The molecule has 0 aliphatic rings. The highest BCUT2D eigenvalue weighted by molar-refractivity contribution is 7.19. The summed E-state index contributed by atoms with van der Waals surface area (Å²) in [4.78, 5) is 16.6. The van der Waals surface area contributed by atoms with Gasteiger partial charge in [0.05, 0.1) is 4.88 Å². The third-order valence-corrected chi connectivity index (χ3v) is 3.62. The van der Waals surface area contributed by atoms with Gasteiger partial charge in [-0.3, -0.25) is 4.79 Å². The summed E-state index contributed by atoms with van der Waals surface area (Å²) in [5.41, 5.74) is 1.41. The Morgan fingerprint density at radius 3 is 2.82 bits per heavy atom. The van der Waals surface area contributed by atoms with E-state index in [-0.39, 0.29) is 5.78 Å². The number of carbonyl (C=O) groups is 1. The van der Waals surface area contributed by atoms with Gasteiger partial charge in [-0.05, 0) is 17.7 Å². The number of carbonyl (C=O) groups excluding carboxylic acids is 1. The lowest BCUT2D eigenvalue weighted by Gasteiger charge is -1.99. The third kappa shape index (κ3) is 2.48. The molecule has 1 aromatic carbocycles. The molecule has 0 aliphatic carbocycles. The summed E-state index contributed by atoms with van der Waals surface area (Å²) in [6, 6.07) is 7.42. The van der Waals surface area contributed by atoms with Crippen molar-refractivity contribution in [2.45, 2.75) is 6.92 Å². The maximum absolute atomic E-state index is 11.5. The maximum atomic E-state index is 11.5. The van der Waals surface area contributed by atoms with Crippen molar-refractivity contribution in [2.75, 3.05) is 12.4 Å². The van der Waals surface area contributed by atoms with E-state index in [0.29, 0.717) is 10.7 Å². The van der Waals surface area contributed by atoms with E-state index in [1.165, 1.54) is 18.3 Å². The van der Waals surface area contributed by atoms with Crippen LogP contribution in [0, 0.1) is 0 Å². The summed E-state index contributed by atoms with van der Waals surface area (Å²) in [6.45, 7) is 1.52. The van der Waals surface area contributed by atoms with Crippen LogP contribution in [0.1, 0.15) is 17.4 Å². The van der Waals surface area contributed by atoms with Crippen molar-refractivity contribution in [2.24, 2.45) is 0 Å². The van der Waals surface area contributed by atoms with Gasteiger partial charge in [0.25, 0.3) is 0 Å². The number of thiazole rings is 1. The normalized spacial score (nSPS) is 10.3. The lowest BCUT2D eigenvalue weighted by molar-refractivity contribution is 0.101. The van der Waals surface area contributed by atoms with Gasteiger partial charge in [0.2, 0.25) is 0 Å². The Morgan fingerprint density at radius 1 is 1.47 bits per heavy atom. The van der Waals surface area contributed by atoms with Gasteiger partial charge in [-0.2, -0.15) is 0 Å². The second kappa shape index (κ2) is 4.85. The van der Waals surface area contributed by atoms with Gasteiger partial charge in [-0.15, -0.1) is 0 Å². The predicted octanol–water partition coefficient (Wildman–Crippen LogP) is 3.71. The van der Waals surface area contributed by atoms with Crippen molar-refractivity contribution in [3.8, 4) is 10.4 Å². The molecule has 0 saturated carbocycles. The van der Waals surface area contributed by atoms with E-state index >= 15 is 0 Å². The molecule has 17 heavy (non-hydrogen) atoms. The smallest absolute Gasteiger partial charge is 0.183 e. The standard InChI is InChI=1S/C12H11ClN2OS/c1-7(16)10-11(17-12(14-2)15-10)8-4-3-5-9(13)6-8/h3-6H,1-2H3,(H,14,15). The van der Waals surface area contributed by atoms with Crippen LogP contribution in [0.4, 0.5) is 5.13 Å². The van der Waals surface area contributed by atoms with Crippen molar-refractivity contribution in [3.05, 3.63) is 35.0 Å². The number of hydrogen-bond acceptors (Lipinski definition) is 4. The zero-order valence-corrected chi connectivity index (χ0v) is 11.0. The summed E-state index contributed by atoms with van der Waals surface area (Å²) in [6.07, 6.45) is 0. The van der Waals surface area contributed by atoms with E-state index in [9.17, 15) is 4.79 Å². The molecule has 1 N–H and O–H groups in total. The average molecular weight is 267 g/mol. The van der Waals surface area contributed by atoms with Crippen molar-refractivity contribution in [3.63, 3.8) is 0 Å². The highest BCUT2D eigenvalue weighted by atomic mass is 35.5. The van der Waals surface area contributed by atoms with E-state index in [1.807, 2.05) is 18.2 Å². The fraction of sp³-hybridized carbons (Fsp3) is 0.167. The monoisotopic (exact) mass is 266 g/mol. The first-order valence-electron chi connectivity index (χ1n) is 5.07. The number of rotatable bonds is 3. The van der Waals surface area contributed by atoms with Crippen LogP contribution in [-0.4, -0.2) is 17.8 Å². The van der Waals surface area contributed by atoms with E-state index in [4.69, 9.17) is 11.6 Å². The van der Waals surface area contributed by atoms with Gasteiger partial charge >= 0.3 is 0 Å². The molecule has 88 valence electrons. The molecule has 0 bridgehead atoms. The number of benzene rings is 1. The summed E-state index contributed by atoms with van der Waals surface area (Å²) < 4.78 is 0. The van der Waals surface area contributed by atoms with Crippen LogP contribution in [0.25, 0.3) is 10.4 Å². The fourth-order valence-electron chi connectivity index (χ4n) is 1.49. The Kier molecular flexibility index (Phi) is 3.45. The molecule has 0 amide bonds. The number of aromatic nitrogens is 1. The van der Waals surface area contributed by atoms with Crippen molar-refractivity contribution in [1.29, 1.82) is 0 Å². The van der Waals surface area contributed by atoms with Crippen molar-refractivity contribution < 1.29 is 4.79 Å². The number of nitrogens with one attached hydrogen (secondary N) is 1. The molecule has 0 fully saturated rings. The van der Waals surface area contributed by atoms with Crippen LogP contribution in [0.3, 0.4) is 0 Å². The summed E-state index contributed by atoms with van der Waals surface area (Å²) in [7, 11) is 1.78. The van der Waals surface area contributed by atoms with Crippen LogP contribution >= 0.6 is 22.9 Å². The summed E-state index contributed by atoms with van der Waals surface area (Å²) in [5.74, 6) is -0.0438. The highest BCUT2D eigenvalue weighted by Crippen LogP contribution is 2.34. The van der Waals surface area contributed by atoms with Gasteiger partial charge in [-0.1, -0.05) is 35.1 Å². The topological polar surface area (TPSA) is 42.0 Å². The number of halogens is 1. The van der Waals surface area contributed by atoms with E-state index in [1.54, 1.807) is 13.1 Å². The van der Waals surface area contributed by atoms with Gasteiger partial charge in [-0.25, -0.2) is 4.98 Å². The minimum atomic E-state index is -0.0438. The van der Waals surface area contributed by atoms with E-state index in [0.717, 1.165) is 15.6 Å². The molecular formula is C12H11ClN2OS. The van der Waals surface area contributed by atoms with Crippen LogP contribution in [0.15, 0.2) is 24.3 Å². The van der Waals surface area contributed by atoms with Gasteiger partial charge in [0.15, 0.2) is 10.9 Å².